The van der Waals surface area contributed by atoms with Gasteiger partial charge in [0.25, 0.3) is 5.91 Å². The van der Waals surface area contributed by atoms with Crippen LogP contribution in [0.25, 0.3) is 0 Å². The lowest BCUT2D eigenvalue weighted by Gasteiger charge is -2.35. The van der Waals surface area contributed by atoms with Crippen molar-refractivity contribution in [3.8, 4) is 0 Å². The van der Waals surface area contributed by atoms with Gasteiger partial charge >= 0.3 is 6.18 Å². The number of amides is 1. The van der Waals surface area contributed by atoms with Crippen LogP contribution >= 0.6 is 0 Å². The summed E-state index contributed by atoms with van der Waals surface area (Å²) in [6.07, 6.45) is -1.08. The number of piperidine rings is 1. The summed E-state index contributed by atoms with van der Waals surface area (Å²) in [4.78, 5) is 14.0. The van der Waals surface area contributed by atoms with E-state index in [9.17, 15) is 22.4 Å². The van der Waals surface area contributed by atoms with Gasteiger partial charge in [-0.15, -0.1) is 0 Å². The van der Waals surface area contributed by atoms with Crippen LogP contribution in [-0.2, 0) is 6.18 Å². The number of hydrogen-bond acceptors (Lipinski definition) is 2. The Morgan fingerprint density at radius 3 is 2.39 bits per heavy atom. The van der Waals surface area contributed by atoms with Crippen molar-refractivity contribution in [2.45, 2.75) is 50.0 Å². The number of hydrogen-bond donors (Lipinski definition) is 1. The monoisotopic (exact) mass is 330 g/mol. The van der Waals surface area contributed by atoms with Gasteiger partial charge in [-0.1, -0.05) is 0 Å². The Morgan fingerprint density at radius 1 is 1.22 bits per heavy atom. The van der Waals surface area contributed by atoms with Gasteiger partial charge in [-0.2, -0.15) is 13.2 Å². The number of carbonyl (C=O) groups is 1. The zero-order chi connectivity index (χ0) is 16.8. The standard InChI is InChI=1S/C16H18F4N2O/c1-22(12-7-10-3-4-11(8-12)21-10)15(23)9-2-5-14(17)13(6-9)16(18,19)20/h2,5-6,10-12,21H,3-4,7-8H2,1H3. The Morgan fingerprint density at radius 2 is 1.83 bits per heavy atom. The molecule has 0 aromatic heterocycles. The topological polar surface area (TPSA) is 32.3 Å². The zero-order valence-electron chi connectivity index (χ0n) is 12.7. The van der Waals surface area contributed by atoms with E-state index < -0.39 is 23.5 Å². The van der Waals surface area contributed by atoms with Crippen LogP contribution in [0, 0.1) is 5.82 Å². The lowest BCUT2D eigenvalue weighted by molar-refractivity contribution is -0.140. The highest BCUT2D eigenvalue weighted by Crippen LogP contribution is 2.33. The van der Waals surface area contributed by atoms with Crippen molar-refractivity contribution in [2.75, 3.05) is 7.05 Å². The van der Waals surface area contributed by atoms with Crippen LogP contribution in [0.15, 0.2) is 18.2 Å². The zero-order valence-corrected chi connectivity index (χ0v) is 12.7. The van der Waals surface area contributed by atoms with Crippen molar-refractivity contribution in [3.05, 3.63) is 35.1 Å². The van der Waals surface area contributed by atoms with Gasteiger partial charge in [0.2, 0.25) is 0 Å². The van der Waals surface area contributed by atoms with E-state index in [2.05, 4.69) is 5.32 Å². The van der Waals surface area contributed by atoms with Gasteiger partial charge in [0.05, 0.1) is 5.56 Å². The third-order valence-electron chi connectivity index (χ3n) is 4.83. The van der Waals surface area contributed by atoms with Crippen molar-refractivity contribution < 1.29 is 22.4 Å². The Balaban J connectivity index is 1.80. The maximum absolute atomic E-state index is 13.3. The SMILES string of the molecule is CN(C(=O)c1ccc(F)c(C(F)(F)F)c1)C1CC2CCC(C1)N2. The molecular weight excluding hydrogens is 312 g/mol. The summed E-state index contributed by atoms with van der Waals surface area (Å²) >= 11 is 0. The lowest BCUT2D eigenvalue weighted by atomic mass is 9.97. The summed E-state index contributed by atoms with van der Waals surface area (Å²) in [6.45, 7) is 0. The molecule has 2 saturated heterocycles. The molecular formula is C16H18F4N2O. The molecule has 2 aliphatic rings. The maximum Gasteiger partial charge on any atom is 0.419 e. The number of fused-ring (bicyclic) bond motifs is 2. The highest BCUT2D eigenvalue weighted by molar-refractivity contribution is 5.94. The van der Waals surface area contributed by atoms with Crippen LogP contribution < -0.4 is 5.32 Å². The summed E-state index contributed by atoms with van der Waals surface area (Å²) < 4.78 is 51.7. The second kappa shape index (κ2) is 5.78. The summed E-state index contributed by atoms with van der Waals surface area (Å²) in [5, 5.41) is 3.45. The molecule has 2 unspecified atom stereocenters. The van der Waals surface area contributed by atoms with Gasteiger partial charge in [0, 0.05) is 30.7 Å². The second-order valence-corrected chi connectivity index (χ2v) is 6.37. The molecule has 0 saturated carbocycles. The molecule has 2 atom stereocenters. The molecule has 126 valence electrons. The molecule has 1 aromatic rings. The fraction of sp³-hybridized carbons (Fsp3) is 0.562. The quantitative estimate of drug-likeness (QED) is 0.845. The molecule has 1 aromatic carbocycles. The van der Waals surface area contributed by atoms with Crippen LogP contribution in [-0.4, -0.2) is 36.0 Å². The van der Waals surface area contributed by atoms with Crippen LogP contribution in [0.4, 0.5) is 17.6 Å². The first-order valence-electron chi connectivity index (χ1n) is 7.65. The minimum absolute atomic E-state index is 0.000592. The molecule has 7 heteroatoms. The number of benzene rings is 1. The predicted molar refractivity (Wildman–Crippen MR) is 76.5 cm³/mol. The minimum atomic E-state index is -4.81. The number of nitrogens with one attached hydrogen (secondary N) is 1. The third-order valence-corrected chi connectivity index (χ3v) is 4.83. The van der Waals surface area contributed by atoms with Gasteiger partial charge in [-0.3, -0.25) is 4.79 Å². The van der Waals surface area contributed by atoms with Crippen LogP contribution in [0.2, 0.25) is 0 Å². The van der Waals surface area contributed by atoms with E-state index in [0.717, 1.165) is 31.7 Å². The number of halogens is 4. The number of alkyl halides is 3. The lowest BCUT2D eigenvalue weighted by Crippen LogP contribution is -2.48. The molecule has 0 radical (unpaired) electrons. The Kier molecular flexibility index (Phi) is 4.08. The van der Waals surface area contributed by atoms with Crippen LogP contribution in [0.5, 0.6) is 0 Å². The third kappa shape index (κ3) is 3.20. The number of rotatable bonds is 2. The van der Waals surface area contributed by atoms with Crippen molar-refractivity contribution in [2.24, 2.45) is 0 Å². The molecule has 3 nitrogen and oxygen atoms in total. The largest absolute Gasteiger partial charge is 0.419 e. The van der Waals surface area contributed by atoms with E-state index in [1.165, 1.54) is 4.90 Å². The normalized spacial score (nSPS) is 27.1. The van der Waals surface area contributed by atoms with Gasteiger partial charge in [-0.05, 0) is 43.9 Å². The summed E-state index contributed by atoms with van der Waals surface area (Å²) in [5.74, 6) is -1.86. The number of carbonyl (C=O) groups excluding carboxylic acids is 1. The van der Waals surface area contributed by atoms with Gasteiger partial charge in [-0.25, -0.2) is 4.39 Å². The van der Waals surface area contributed by atoms with E-state index in [-0.39, 0.29) is 11.6 Å². The van der Waals surface area contributed by atoms with Crippen molar-refractivity contribution in [3.63, 3.8) is 0 Å². The summed E-state index contributed by atoms with van der Waals surface area (Å²) in [7, 11) is 1.61. The second-order valence-electron chi connectivity index (χ2n) is 6.37. The van der Waals surface area contributed by atoms with Crippen molar-refractivity contribution in [1.82, 2.24) is 10.2 Å². The first kappa shape index (κ1) is 16.2. The van der Waals surface area contributed by atoms with Gasteiger partial charge in [0.15, 0.2) is 0 Å². The smallest absolute Gasteiger partial charge is 0.339 e. The van der Waals surface area contributed by atoms with E-state index in [4.69, 9.17) is 0 Å². The van der Waals surface area contributed by atoms with Crippen molar-refractivity contribution in [1.29, 1.82) is 0 Å². The maximum atomic E-state index is 13.3. The van der Waals surface area contributed by atoms with Crippen LogP contribution in [0.1, 0.15) is 41.6 Å². The fourth-order valence-corrected chi connectivity index (χ4v) is 3.59. The van der Waals surface area contributed by atoms with Crippen LogP contribution in [0.3, 0.4) is 0 Å². The average Bonchev–Trinajstić information content (AvgIpc) is 2.83. The molecule has 2 heterocycles. The van der Waals surface area contributed by atoms with E-state index in [1.54, 1.807) is 7.05 Å². The highest BCUT2D eigenvalue weighted by atomic mass is 19.4. The molecule has 3 rings (SSSR count). The molecule has 2 aliphatic heterocycles. The highest BCUT2D eigenvalue weighted by Gasteiger charge is 2.38. The van der Waals surface area contributed by atoms with E-state index in [0.29, 0.717) is 24.2 Å². The summed E-state index contributed by atoms with van der Waals surface area (Å²) in [5.41, 5.74) is -1.53. The van der Waals surface area contributed by atoms with E-state index >= 15 is 0 Å². The van der Waals surface area contributed by atoms with E-state index in [1.807, 2.05) is 0 Å². The summed E-state index contributed by atoms with van der Waals surface area (Å²) in [6, 6.07) is 3.15. The Bertz CT molecular complexity index is 605. The molecule has 0 aliphatic carbocycles. The Labute approximate surface area is 131 Å². The fourth-order valence-electron chi connectivity index (χ4n) is 3.59. The van der Waals surface area contributed by atoms with Gasteiger partial charge in [0.1, 0.15) is 5.82 Å². The Hall–Kier alpha value is -1.63. The number of nitrogens with zero attached hydrogens (tertiary/aromatic N) is 1. The predicted octanol–water partition coefficient (Wildman–Crippen LogP) is 3.20. The first-order chi connectivity index (χ1) is 10.8. The first-order valence-corrected chi connectivity index (χ1v) is 7.65. The molecule has 2 fully saturated rings. The molecule has 23 heavy (non-hydrogen) atoms. The van der Waals surface area contributed by atoms with Gasteiger partial charge < -0.3 is 10.2 Å². The average molecular weight is 330 g/mol. The van der Waals surface area contributed by atoms with Crippen molar-refractivity contribution >= 4 is 5.91 Å². The molecule has 2 bridgehead atoms. The molecule has 0 spiro atoms. The molecule has 1 N–H and O–H groups in total. The molecule has 1 amide bonds. The minimum Gasteiger partial charge on any atom is -0.339 e.